The highest BCUT2D eigenvalue weighted by molar-refractivity contribution is 9.10. The molecule has 31 heavy (non-hydrogen) atoms. The van der Waals surface area contributed by atoms with E-state index in [1.54, 1.807) is 16.8 Å². The maximum Gasteiger partial charge on any atom is 0.266 e. The van der Waals surface area contributed by atoms with Gasteiger partial charge in [-0.15, -0.1) is 11.3 Å². The van der Waals surface area contributed by atoms with Gasteiger partial charge in [0, 0.05) is 21.8 Å². The van der Waals surface area contributed by atoms with Gasteiger partial charge in [0.05, 0.1) is 15.9 Å². The summed E-state index contributed by atoms with van der Waals surface area (Å²) in [4.78, 5) is 13.2. The molecular formula is C22H16BrCl2N3O2S. The SMILES string of the molecule is O=C(Nc1nn(Cc2ccc(Cl)cc2)cc1Br)c1cc(COc2cccc(Cl)c2)cs1. The Kier molecular flexibility index (Phi) is 6.97. The number of aromatic nitrogens is 2. The number of nitrogens with zero attached hydrogens (tertiary/aromatic N) is 2. The molecule has 0 fully saturated rings. The lowest BCUT2D eigenvalue weighted by Gasteiger charge is -2.04. The molecule has 0 saturated carbocycles. The van der Waals surface area contributed by atoms with Gasteiger partial charge in [-0.25, -0.2) is 0 Å². The van der Waals surface area contributed by atoms with Crippen LogP contribution in [0, 0.1) is 0 Å². The van der Waals surface area contributed by atoms with E-state index in [4.69, 9.17) is 27.9 Å². The smallest absolute Gasteiger partial charge is 0.266 e. The van der Waals surface area contributed by atoms with Crippen molar-refractivity contribution in [2.45, 2.75) is 13.2 Å². The number of ether oxygens (including phenoxy) is 1. The molecule has 0 bridgehead atoms. The van der Waals surface area contributed by atoms with Gasteiger partial charge in [-0.2, -0.15) is 5.10 Å². The standard InChI is InChI=1S/C22H16BrCl2N3O2S/c23-19-11-28(10-14-4-6-16(24)7-5-14)27-21(19)26-22(29)20-8-15(13-31-20)12-30-18-3-1-2-17(25)9-18/h1-9,11,13H,10,12H2,(H,26,27,29). The van der Waals surface area contributed by atoms with E-state index in [0.717, 1.165) is 11.1 Å². The molecule has 0 aliphatic heterocycles. The van der Waals surface area contributed by atoms with Crippen LogP contribution in [0.1, 0.15) is 20.8 Å². The van der Waals surface area contributed by atoms with Gasteiger partial charge in [-0.05, 0) is 63.3 Å². The minimum absolute atomic E-state index is 0.226. The molecule has 2 aromatic heterocycles. The van der Waals surface area contributed by atoms with E-state index >= 15 is 0 Å². The second-order valence-electron chi connectivity index (χ2n) is 6.67. The van der Waals surface area contributed by atoms with Crippen LogP contribution in [0.15, 0.2) is 70.6 Å². The van der Waals surface area contributed by atoms with Crippen molar-refractivity contribution in [1.82, 2.24) is 9.78 Å². The highest BCUT2D eigenvalue weighted by Crippen LogP contribution is 2.24. The molecule has 1 amide bonds. The van der Waals surface area contributed by atoms with Crippen molar-refractivity contribution in [3.8, 4) is 5.75 Å². The molecule has 158 valence electrons. The van der Waals surface area contributed by atoms with Gasteiger partial charge in [0.2, 0.25) is 0 Å². The zero-order valence-electron chi connectivity index (χ0n) is 16.0. The zero-order chi connectivity index (χ0) is 21.8. The number of hydrogen-bond donors (Lipinski definition) is 1. The Morgan fingerprint density at radius 3 is 2.68 bits per heavy atom. The second-order valence-corrected chi connectivity index (χ2v) is 9.31. The van der Waals surface area contributed by atoms with E-state index in [1.165, 1.54) is 11.3 Å². The van der Waals surface area contributed by atoms with Crippen LogP contribution in [0.3, 0.4) is 0 Å². The van der Waals surface area contributed by atoms with E-state index in [-0.39, 0.29) is 5.91 Å². The summed E-state index contributed by atoms with van der Waals surface area (Å²) in [5.74, 6) is 0.917. The number of carbonyl (C=O) groups excluding carboxylic acids is 1. The number of anilines is 1. The third-order valence-corrected chi connectivity index (χ3v) is 6.33. The maximum atomic E-state index is 12.7. The van der Waals surface area contributed by atoms with Gasteiger partial charge in [0.25, 0.3) is 5.91 Å². The van der Waals surface area contributed by atoms with Gasteiger partial charge >= 0.3 is 0 Å². The number of hydrogen-bond acceptors (Lipinski definition) is 4. The summed E-state index contributed by atoms with van der Waals surface area (Å²) >= 11 is 16.7. The number of carbonyl (C=O) groups is 1. The summed E-state index contributed by atoms with van der Waals surface area (Å²) in [7, 11) is 0. The summed E-state index contributed by atoms with van der Waals surface area (Å²) in [6, 6.07) is 16.6. The van der Waals surface area contributed by atoms with E-state index in [9.17, 15) is 4.79 Å². The Morgan fingerprint density at radius 2 is 1.90 bits per heavy atom. The quantitative estimate of drug-likeness (QED) is 0.279. The Hall–Kier alpha value is -2.32. The molecule has 0 spiro atoms. The molecule has 0 aliphatic carbocycles. The normalized spacial score (nSPS) is 10.8. The molecule has 0 atom stereocenters. The molecule has 0 aliphatic rings. The molecule has 4 aromatic rings. The van der Waals surface area contributed by atoms with Crippen LogP contribution in [-0.2, 0) is 13.2 Å². The van der Waals surface area contributed by atoms with E-state index in [2.05, 4.69) is 26.3 Å². The molecule has 1 N–H and O–H groups in total. The van der Waals surface area contributed by atoms with Crippen LogP contribution in [0.2, 0.25) is 10.0 Å². The molecule has 5 nitrogen and oxygen atoms in total. The van der Waals surface area contributed by atoms with E-state index in [1.807, 2.05) is 54.0 Å². The van der Waals surface area contributed by atoms with Crippen LogP contribution < -0.4 is 10.1 Å². The molecule has 4 rings (SSSR count). The Labute approximate surface area is 201 Å². The van der Waals surface area contributed by atoms with Gasteiger partial charge in [0.15, 0.2) is 5.82 Å². The number of halogens is 3. The maximum absolute atomic E-state index is 12.7. The van der Waals surface area contributed by atoms with E-state index in [0.29, 0.717) is 44.1 Å². The fraction of sp³-hybridized carbons (Fsp3) is 0.0909. The minimum atomic E-state index is -0.226. The Morgan fingerprint density at radius 1 is 1.10 bits per heavy atom. The van der Waals surface area contributed by atoms with Gasteiger partial charge in [-0.1, -0.05) is 41.4 Å². The topological polar surface area (TPSA) is 56.2 Å². The first-order valence-corrected chi connectivity index (χ1v) is 11.6. The lowest BCUT2D eigenvalue weighted by molar-refractivity contribution is 0.103. The summed E-state index contributed by atoms with van der Waals surface area (Å²) in [5.41, 5.74) is 1.96. The van der Waals surface area contributed by atoms with Crippen molar-refractivity contribution in [2.24, 2.45) is 0 Å². The molecule has 2 heterocycles. The van der Waals surface area contributed by atoms with Crippen molar-refractivity contribution < 1.29 is 9.53 Å². The van der Waals surface area contributed by atoms with Crippen LogP contribution in [-0.4, -0.2) is 15.7 Å². The molecule has 0 radical (unpaired) electrons. The van der Waals surface area contributed by atoms with Crippen molar-refractivity contribution in [2.75, 3.05) is 5.32 Å². The molecule has 0 saturated heterocycles. The van der Waals surface area contributed by atoms with Gasteiger partial charge in [-0.3, -0.25) is 9.48 Å². The number of nitrogens with one attached hydrogen (secondary N) is 1. The lowest BCUT2D eigenvalue weighted by atomic mass is 10.2. The summed E-state index contributed by atoms with van der Waals surface area (Å²) < 4.78 is 8.19. The number of benzene rings is 2. The fourth-order valence-corrected chi connectivity index (χ4v) is 4.32. The average Bonchev–Trinajstić information content (AvgIpc) is 3.35. The monoisotopic (exact) mass is 535 g/mol. The van der Waals surface area contributed by atoms with Crippen LogP contribution in [0.4, 0.5) is 5.82 Å². The molecule has 0 unspecified atom stereocenters. The number of amides is 1. The van der Waals surface area contributed by atoms with Crippen molar-refractivity contribution in [3.05, 3.63) is 96.7 Å². The lowest BCUT2D eigenvalue weighted by Crippen LogP contribution is -2.11. The van der Waals surface area contributed by atoms with Crippen LogP contribution in [0.25, 0.3) is 0 Å². The average molecular weight is 537 g/mol. The van der Waals surface area contributed by atoms with Crippen LogP contribution >= 0.6 is 50.5 Å². The third kappa shape index (κ3) is 5.89. The van der Waals surface area contributed by atoms with Gasteiger partial charge in [0.1, 0.15) is 12.4 Å². The summed E-state index contributed by atoms with van der Waals surface area (Å²) in [5, 5.41) is 10.5. The Balaban J connectivity index is 1.37. The summed E-state index contributed by atoms with van der Waals surface area (Å²) in [6.07, 6.45) is 1.82. The Bertz CT molecular complexity index is 1210. The molecular weight excluding hydrogens is 521 g/mol. The van der Waals surface area contributed by atoms with Crippen LogP contribution in [0.5, 0.6) is 5.75 Å². The number of rotatable bonds is 7. The highest BCUT2D eigenvalue weighted by Gasteiger charge is 2.14. The minimum Gasteiger partial charge on any atom is -0.489 e. The van der Waals surface area contributed by atoms with E-state index < -0.39 is 0 Å². The first-order valence-electron chi connectivity index (χ1n) is 9.21. The zero-order valence-corrected chi connectivity index (χ0v) is 19.9. The third-order valence-electron chi connectivity index (χ3n) is 4.29. The molecule has 9 heteroatoms. The van der Waals surface area contributed by atoms with Gasteiger partial charge < -0.3 is 10.1 Å². The van der Waals surface area contributed by atoms with Crippen molar-refractivity contribution in [1.29, 1.82) is 0 Å². The predicted octanol–water partition coefficient (Wildman–Crippen LogP) is 6.89. The highest BCUT2D eigenvalue weighted by atomic mass is 79.9. The first-order chi connectivity index (χ1) is 15.0. The molecule has 2 aromatic carbocycles. The predicted molar refractivity (Wildman–Crippen MR) is 129 cm³/mol. The number of thiophene rings is 1. The largest absolute Gasteiger partial charge is 0.489 e. The van der Waals surface area contributed by atoms with Crippen molar-refractivity contribution in [3.63, 3.8) is 0 Å². The second kappa shape index (κ2) is 9.87. The van der Waals surface area contributed by atoms with Crippen molar-refractivity contribution >= 4 is 62.2 Å². The summed E-state index contributed by atoms with van der Waals surface area (Å²) in [6.45, 7) is 0.916. The first kappa shape index (κ1) is 21.9. The fourth-order valence-electron chi connectivity index (χ4n) is 2.80.